The summed E-state index contributed by atoms with van der Waals surface area (Å²) in [7, 11) is 0. The number of aryl methyl sites for hydroxylation is 1. The van der Waals surface area contributed by atoms with Crippen molar-refractivity contribution in [3.63, 3.8) is 0 Å². The smallest absolute Gasteiger partial charge is 0.240 e. The molecule has 0 unspecified atom stereocenters. The van der Waals surface area contributed by atoms with Gasteiger partial charge >= 0.3 is 0 Å². The van der Waals surface area contributed by atoms with E-state index in [1.54, 1.807) is 0 Å². The van der Waals surface area contributed by atoms with Crippen molar-refractivity contribution in [1.82, 2.24) is 14.8 Å². The largest absolute Gasteiger partial charge is 0.330 e. The standard InChI is InChI=1S/C7H12F2N4/c8-6(9)2-4-13-7(1-3-10)11-5-12-13/h5-6H,1-4,10H2. The third-order valence-electron chi connectivity index (χ3n) is 1.62. The van der Waals surface area contributed by atoms with E-state index in [1.165, 1.54) is 11.0 Å². The monoisotopic (exact) mass is 190 g/mol. The summed E-state index contributed by atoms with van der Waals surface area (Å²) in [6.07, 6.45) is -0.560. The number of nitrogens with two attached hydrogens (primary N) is 1. The Kier molecular flexibility index (Phi) is 3.75. The number of nitrogens with zero attached hydrogens (tertiary/aromatic N) is 3. The summed E-state index contributed by atoms with van der Waals surface area (Å²) >= 11 is 0. The minimum Gasteiger partial charge on any atom is -0.330 e. The summed E-state index contributed by atoms with van der Waals surface area (Å²) in [6, 6.07) is 0. The van der Waals surface area contributed by atoms with Crippen molar-refractivity contribution in [3.8, 4) is 0 Å². The van der Waals surface area contributed by atoms with Crippen LogP contribution >= 0.6 is 0 Å². The number of aromatic nitrogens is 3. The Morgan fingerprint density at radius 1 is 1.54 bits per heavy atom. The van der Waals surface area contributed by atoms with Crippen LogP contribution in [0.4, 0.5) is 8.78 Å². The molecule has 0 fully saturated rings. The molecule has 1 aromatic heterocycles. The molecule has 4 nitrogen and oxygen atoms in total. The van der Waals surface area contributed by atoms with E-state index < -0.39 is 6.43 Å². The van der Waals surface area contributed by atoms with Gasteiger partial charge in [0, 0.05) is 19.4 Å². The second-order valence-electron chi connectivity index (χ2n) is 2.62. The first-order valence-electron chi connectivity index (χ1n) is 4.09. The van der Waals surface area contributed by atoms with E-state index in [0.717, 1.165) is 0 Å². The highest BCUT2D eigenvalue weighted by Crippen LogP contribution is 2.03. The predicted molar refractivity (Wildman–Crippen MR) is 43.4 cm³/mol. The first-order chi connectivity index (χ1) is 6.24. The second kappa shape index (κ2) is 4.86. The Bertz CT molecular complexity index is 248. The molecule has 0 spiro atoms. The van der Waals surface area contributed by atoms with Gasteiger partial charge in [0.1, 0.15) is 12.2 Å². The summed E-state index contributed by atoms with van der Waals surface area (Å²) in [5.41, 5.74) is 5.32. The van der Waals surface area contributed by atoms with Gasteiger partial charge in [0.05, 0.1) is 0 Å². The maximum absolute atomic E-state index is 11.9. The van der Waals surface area contributed by atoms with Crippen LogP contribution in [0.2, 0.25) is 0 Å². The predicted octanol–water partition coefficient (Wildman–Crippen LogP) is 0.434. The van der Waals surface area contributed by atoms with Gasteiger partial charge in [0.15, 0.2) is 0 Å². The second-order valence-corrected chi connectivity index (χ2v) is 2.62. The first-order valence-corrected chi connectivity index (χ1v) is 4.09. The van der Waals surface area contributed by atoms with Crippen LogP contribution in [0.3, 0.4) is 0 Å². The summed E-state index contributed by atoms with van der Waals surface area (Å²) in [4.78, 5) is 3.91. The van der Waals surface area contributed by atoms with Crippen molar-refractivity contribution in [3.05, 3.63) is 12.2 Å². The summed E-state index contributed by atoms with van der Waals surface area (Å²) in [5, 5.41) is 3.82. The van der Waals surface area contributed by atoms with Crippen molar-refractivity contribution in [1.29, 1.82) is 0 Å². The van der Waals surface area contributed by atoms with E-state index in [9.17, 15) is 8.78 Å². The molecule has 1 rings (SSSR count). The van der Waals surface area contributed by atoms with Crippen LogP contribution in [-0.2, 0) is 13.0 Å². The number of hydrogen-bond donors (Lipinski definition) is 1. The molecule has 0 aliphatic rings. The topological polar surface area (TPSA) is 56.7 Å². The van der Waals surface area contributed by atoms with Crippen LogP contribution in [-0.4, -0.2) is 27.7 Å². The fourth-order valence-corrected chi connectivity index (χ4v) is 1.02. The fraction of sp³-hybridized carbons (Fsp3) is 0.714. The van der Waals surface area contributed by atoms with Crippen molar-refractivity contribution >= 4 is 0 Å². The van der Waals surface area contributed by atoms with Crippen LogP contribution in [0.5, 0.6) is 0 Å². The quantitative estimate of drug-likeness (QED) is 0.732. The van der Waals surface area contributed by atoms with Gasteiger partial charge in [0.25, 0.3) is 0 Å². The minimum atomic E-state index is -2.30. The van der Waals surface area contributed by atoms with Crippen LogP contribution in [0.15, 0.2) is 6.33 Å². The van der Waals surface area contributed by atoms with Crippen molar-refractivity contribution < 1.29 is 8.78 Å². The van der Waals surface area contributed by atoms with Gasteiger partial charge < -0.3 is 5.73 Å². The van der Waals surface area contributed by atoms with E-state index in [-0.39, 0.29) is 13.0 Å². The molecule has 0 aliphatic carbocycles. The fourth-order valence-electron chi connectivity index (χ4n) is 1.02. The number of halogens is 2. The molecule has 0 aliphatic heterocycles. The molecule has 0 atom stereocenters. The summed E-state index contributed by atoms with van der Waals surface area (Å²) < 4.78 is 25.2. The van der Waals surface area contributed by atoms with Crippen LogP contribution in [0.25, 0.3) is 0 Å². The molecule has 0 bridgehead atoms. The highest BCUT2D eigenvalue weighted by Gasteiger charge is 2.06. The van der Waals surface area contributed by atoms with Crippen LogP contribution in [0.1, 0.15) is 12.2 Å². The zero-order valence-electron chi connectivity index (χ0n) is 7.16. The molecule has 13 heavy (non-hydrogen) atoms. The molecule has 6 heteroatoms. The summed E-state index contributed by atoms with van der Waals surface area (Å²) in [6.45, 7) is 0.653. The SMILES string of the molecule is NCCc1ncnn1CCC(F)F. The van der Waals surface area contributed by atoms with E-state index in [1.807, 2.05) is 0 Å². The Morgan fingerprint density at radius 3 is 2.92 bits per heavy atom. The molecule has 1 heterocycles. The lowest BCUT2D eigenvalue weighted by Gasteiger charge is -2.03. The van der Waals surface area contributed by atoms with Crippen molar-refractivity contribution in [2.24, 2.45) is 5.73 Å². The van der Waals surface area contributed by atoms with Gasteiger partial charge in [-0.25, -0.2) is 18.4 Å². The maximum Gasteiger partial charge on any atom is 0.240 e. The lowest BCUT2D eigenvalue weighted by atomic mass is 10.4. The average Bonchev–Trinajstić information content (AvgIpc) is 2.49. The molecule has 0 radical (unpaired) electrons. The molecule has 0 saturated heterocycles. The van der Waals surface area contributed by atoms with Crippen LogP contribution < -0.4 is 5.73 Å². The van der Waals surface area contributed by atoms with Gasteiger partial charge in [-0.05, 0) is 6.54 Å². The zero-order chi connectivity index (χ0) is 9.68. The van der Waals surface area contributed by atoms with Crippen LogP contribution in [0, 0.1) is 0 Å². The number of rotatable bonds is 5. The Hall–Kier alpha value is -1.04. The normalized spacial score (nSPS) is 11.1. The van der Waals surface area contributed by atoms with Gasteiger partial charge in [-0.15, -0.1) is 0 Å². The minimum absolute atomic E-state index is 0.194. The van der Waals surface area contributed by atoms with E-state index >= 15 is 0 Å². The van der Waals surface area contributed by atoms with E-state index in [4.69, 9.17) is 5.73 Å². The third-order valence-corrected chi connectivity index (χ3v) is 1.62. The molecule has 0 aromatic carbocycles. The molecule has 0 saturated carbocycles. The van der Waals surface area contributed by atoms with Gasteiger partial charge in [-0.1, -0.05) is 0 Å². The zero-order valence-corrected chi connectivity index (χ0v) is 7.16. The van der Waals surface area contributed by atoms with Gasteiger partial charge in [0.2, 0.25) is 6.43 Å². The highest BCUT2D eigenvalue weighted by molar-refractivity contribution is 4.84. The summed E-state index contributed by atoms with van der Waals surface area (Å²) in [5.74, 6) is 0.670. The van der Waals surface area contributed by atoms with Gasteiger partial charge in [-0.3, -0.25) is 0 Å². The molecular formula is C7H12F2N4. The Labute approximate surface area is 74.8 Å². The first kappa shape index (κ1) is 10.0. The van der Waals surface area contributed by atoms with Crippen molar-refractivity contribution in [2.75, 3.05) is 6.54 Å². The number of hydrogen-bond acceptors (Lipinski definition) is 3. The van der Waals surface area contributed by atoms with Crippen molar-refractivity contribution in [2.45, 2.75) is 25.8 Å². The number of alkyl halides is 2. The molecule has 0 amide bonds. The van der Waals surface area contributed by atoms with Gasteiger partial charge in [-0.2, -0.15) is 5.10 Å². The molecule has 74 valence electrons. The Morgan fingerprint density at radius 2 is 2.31 bits per heavy atom. The third kappa shape index (κ3) is 3.06. The maximum atomic E-state index is 11.9. The molecule has 2 N–H and O–H groups in total. The molecular weight excluding hydrogens is 178 g/mol. The average molecular weight is 190 g/mol. The Balaban J connectivity index is 2.49. The lowest BCUT2D eigenvalue weighted by molar-refractivity contribution is 0.129. The van der Waals surface area contributed by atoms with E-state index in [2.05, 4.69) is 10.1 Å². The highest BCUT2D eigenvalue weighted by atomic mass is 19.3. The van der Waals surface area contributed by atoms with E-state index in [0.29, 0.717) is 18.8 Å². The lowest BCUT2D eigenvalue weighted by Crippen LogP contribution is -2.12. The molecule has 1 aromatic rings.